The van der Waals surface area contributed by atoms with Crippen LogP contribution in [0.4, 0.5) is 5.69 Å². The molecule has 33 heavy (non-hydrogen) atoms. The first-order chi connectivity index (χ1) is 15.6. The number of aliphatic hydroxyl groups excluding tert-OH is 1. The highest BCUT2D eigenvalue weighted by Crippen LogP contribution is 2.17. The molecule has 184 valence electrons. The number of hydrogen-bond donors (Lipinski definition) is 2. The van der Waals surface area contributed by atoms with E-state index in [4.69, 9.17) is 4.74 Å². The minimum Gasteiger partial charge on any atom is -0.491 e. The van der Waals surface area contributed by atoms with Gasteiger partial charge in [-0.3, -0.25) is 4.90 Å². The molecule has 1 aliphatic heterocycles. The van der Waals surface area contributed by atoms with Crippen molar-refractivity contribution in [3.8, 4) is 5.75 Å². The molecule has 1 heterocycles. The van der Waals surface area contributed by atoms with E-state index in [1.807, 2.05) is 12.1 Å². The Hall–Kier alpha value is -2.13. The molecule has 0 radical (unpaired) electrons. The number of rotatable bonds is 9. The van der Waals surface area contributed by atoms with Crippen molar-refractivity contribution in [2.45, 2.75) is 39.3 Å². The van der Waals surface area contributed by atoms with Gasteiger partial charge in [0.25, 0.3) is 0 Å². The lowest BCUT2D eigenvalue weighted by molar-refractivity contribution is 0.122. The third-order valence-corrected chi connectivity index (χ3v) is 5.97. The second-order valence-corrected chi connectivity index (χ2v) is 10.5. The Labute approximate surface area is 199 Å². The number of ether oxygens (including phenoxy) is 1. The first-order valence-electron chi connectivity index (χ1n) is 11.5. The maximum Gasteiger partial charge on any atom is 0.208 e. The smallest absolute Gasteiger partial charge is 0.208 e. The van der Waals surface area contributed by atoms with Crippen molar-refractivity contribution in [3.05, 3.63) is 60.2 Å². The first kappa shape index (κ1) is 27.1. The minimum absolute atomic E-state index is 0.00463. The van der Waals surface area contributed by atoms with Gasteiger partial charge in [0, 0.05) is 44.5 Å². The van der Waals surface area contributed by atoms with E-state index in [-0.39, 0.29) is 6.04 Å². The standard InChI is InChI=1S/C21H28N2O2.C4H11NO2S/c1-18(24)17-25-21-9-7-19(8-10-21)11-12-22-13-15-23(16-14-22)20-5-3-2-4-6-20;1-4(2)5-8(3,6)7/h2-10,18,24H,11-17H2,1H3;4-5H,1-3H3. The van der Waals surface area contributed by atoms with Crippen molar-refractivity contribution in [2.24, 2.45) is 0 Å². The molecule has 8 heteroatoms. The van der Waals surface area contributed by atoms with Crippen LogP contribution in [-0.4, -0.2) is 76.2 Å². The van der Waals surface area contributed by atoms with Gasteiger partial charge in [0.05, 0.1) is 12.4 Å². The van der Waals surface area contributed by atoms with Gasteiger partial charge in [-0.1, -0.05) is 30.3 Å². The maximum atomic E-state index is 10.3. The lowest BCUT2D eigenvalue weighted by Gasteiger charge is -2.36. The van der Waals surface area contributed by atoms with E-state index >= 15 is 0 Å². The predicted molar refractivity (Wildman–Crippen MR) is 136 cm³/mol. The number of sulfonamides is 1. The Bertz CT molecular complexity index is 895. The number of hydrogen-bond acceptors (Lipinski definition) is 6. The number of benzene rings is 2. The summed E-state index contributed by atoms with van der Waals surface area (Å²) in [5.74, 6) is 0.820. The molecule has 0 aromatic heterocycles. The molecular formula is C25H39N3O4S. The van der Waals surface area contributed by atoms with Crippen LogP contribution in [0, 0.1) is 0 Å². The Morgan fingerprint density at radius 1 is 0.970 bits per heavy atom. The zero-order chi connectivity index (χ0) is 24.3. The van der Waals surface area contributed by atoms with Gasteiger partial charge in [0.15, 0.2) is 0 Å². The van der Waals surface area contributed by atoms with Crippen LogP contribution in [0.3, 0.4) is 0 Å². The number of nitrogens with one attached hydrogen (secondary N) is 1. The average molecular weight is 478 g/mol. The first-order valence-corrected chi connectivity index (χ1v) is 13.4. The highest BCUT2D eigenvalue weighted by Gasteiger charge is 2.16. The number of para-hydroxylation sites is 1. The number of piperazine rings is 1. The molecule has 0 amide bonds. The molecule has 1 atom stereocenters. The monoisotopic (exact) mass is 477 g/mol. The van der Waals surface area contributed by atoms with E-state index < -0.39 is 16.1 Å². The van der Waals surface area contributed by atoms with Crippen LogP contribution < -0.4 is 14.4 Å². The van der Waals surface area contributed by atoms with Gasteiger partial charge in [-0.05, 0) is 57.0 Å². The van der Waals surface area contributed by atoms with E-state index in [0.29, 0.717) is 6.61 Å². The van der Waals surface area contributed by atoms with Crippen LogP contribution in [0.1, 0.15) is 26.3 Å². The zero-order valence-corrected chi connectivity index (χ0v) is 21.1. The van der Waals surface area contributed by atoms with Crippen molar-refractivity contribution < 1.29 is 18.3 Å². The molecule has 1 fully saturated rings. The summed E-state index contributed by atoms with van der Waals surface area (Å²) in [6.07, 6.45) is 1.77. The van der Waals surface area contributed by atoms with Crippen LogP contribution in [0.15, 0.2) is 54.6 Å². The largest absolute Gasteiger partial charge is 0.491 e. The lowest BCUT2D eigenvalue weighted by atomic mass is 10.1. The normalized spacial score (nSPS) is 15.6. The van der Waals surface area contributed by atoms with E-state index in [2.05, 4.69) is 57.0 Å². The quantitative estimate of drug-likeness (QED) is 0.578. The van der Waals surface area contributed by atoms with Crippen molar-refractivity contribution in [3.63, 3.8) is 0 Å². The zero-order valence-electron chi connectivity index (χ0n) is 20.3. The molecule has 3 rings (SSSR count). The topological polar surface area (TPSA) is 82.1 Å². The summed E-state index contributed by atoms with van der Waals surface area (Å²) in [7, 11) is -2.97. The maximum absolute atomic E-state index is 10.3. The minimum atomic E-state index is -2.97. The summed E-state index contributed by atoms with van der Waals surface area (Å²) in [4.78, 5) is 5.00. The highest BCUT2D eigenvalue weighted by molar-refractivity contribution is 7.88. The number of anilines is 1. The van der Waals surface area contributed by atoms with Crippen LogP contribution in [-0.2, 0) is 16.4 Å². The van der Waals surface area contributed by atoms with Crippen LogP contribution in [0.5, 0.6) is 5.75 Å². The van der Waals surface area contributed by atoms with Gasteiger partial charge >= 0.3 is 0 Å². The van der Waals surface area contributed by atoms with Crippen LogP contribution >= 0.6 is 0 Å². The molecule has 2 aromatic rings. The van der Waals surface area contributed by atoms with Gasteiger partial charge in [0.1, 0.15) is 12.4 Å². The average Bonchev–Trinajstić information content (AvgIpc) is 2.77. The van der Waals surface area contributed by atoms with E-state index in [9.17, 15) is 13.5 Å². The van der Waals surface area contributed by atoms with Crippen molar-refractivity contribution in [1.29, 1.82) is 0 Å². The summed E-state index contributed by atoms with van der Waals surface area (Å²) in [5.41, 5.74) is 2.66. The fourth-order valence-corrected chi connectivity index (χ4v) is 4.41. The Balaban J connectivity index is 0.000000414. The number of nitrogens with zero attached hydrogens (tertiary/aromatic N) is 2. The van der Waals surface area contributed by atoms with Crippen LogP contribution in [0.2, 0.25) is 0 Å². The van der Waals surface area contributed by atoms with Gasteiger partial charge in [0.2, 0.25) is 10.0 Å². The van der Waals surface area contributed by atoms with Gasteiger partial charge in [-0.25, -0.2) is 13.1 Å². The molecule has 0 bridgehead atoms. The predicted octanol–water partition coefficient (Wildman–Crippen LogP) is 2.75. The van der Waals surface area contributed by atoms with E-state index in [1.165, 1.54) is 11.3 Å². The third kappa shape index (κ3) is 11.5. The van der Waals surface area contributed by atoms with Crippen molar-refractivity contribution >= 4 is 15.7 Å². The van der Waals surface area contributed by atoms with E-state index in [0.717, 1.165) is 51.1 Å². The second-order valence-electron chi connectivity index (χ2n) is 8.76. The summed E-state index contributed by atoms with van der Waals surface area (Å²) >= 11 is 0. The summed E-state index contributed by atoms with van der Waals surface area (Å²) < 4.78 is 28.5. The Morgan fingerprint density at radius 2 is 1.58 bits per heavy atom. The number of aliphatic hydroxyl groups is 1. The molecule has 2 N–H and O–H groups in total. The van der Waals surface area contributed by atoms with Gasteiger partial charge < -0.3 is 14.7 Å². The summed E-state index contributed by atoms with van der Waals surface area (Å²) in [6.45, 7) is 11.1. The Kier molecular flexibility index (Phi) is 11.1. The van der Waals surface area contributed by atoms with Crippen molar-refractivity contribution in [1.82, 2.24) is 9.62 Å². The van der Waals surface area contributed by atoms with Crippen molar-refractivity contribution in [2.75, 3.05) is 50.5 Å². The third-order valence-electron chi connectivity index (χ3n) is 5.07. The van der Waals surface area contributed by atoms with Crippen LogP contribution in [0.25, 0.3) is 0 Å². The summed E-state index contributed by atoms with van der Waals surface area (Å²) in [6, 6.07) is 18.9. The fourth-order valence-electron chi connectivity index (χ4n) is 3.55. The molecule has 0 aliphatic carbocycles. The molecule has 2 aromatic carbocycles. The SMILES string of the molecule is CC(C)NS(C)(=O)=O.CC(O)COc1ccc(CCN2CCN(c3ccccc3)CC2)cc1. The highest BCUT2D eigenvalue weighted by atomic mass is 32.2. The molecule has 1 saturated heterocycles. The Morgan fingerprint density at radius 3 is 2.06 bits per heavy atom. The fraction of sp³-hybridized carbons (Fsp3) is 0.520. The molecule has 0 spiro atoms. The second kappa shape index (κ2) is 13.5. The molecule has 0 saturated carbocycles. The van der Waals surface area contributed by atoms with Gasteiger partial charge in [-0.2, -0.15) is 0 Å². The van der Waals surface area contributed by atoms with Gasteiger partial charge in [-0.15, -0.1) is 0 Å². The van der Waals surface area contributed by atoms with E-state index in [1.54, 1.807) is 20.8 Å². The lowest BCUT2D eigenvalue weighted by Crippen LogP contribution is -2.46. The molecular weight excluding hydrogens is 438 g/mol. The molecule has 7 nitrogen and oxygen atoms in total. The molecule has 1 unspecified atom stereocenters. The summed E-state index contributed by atoms with van der Waals surface area (Å²) in [5, 5.41) is 9.25. The molecule has 1 aliphatic rings.